The Bertz CT molecular complexity index is 2120. The summed E-state index contributed by atoms with van der Waals surface area (Å²) < 4.78 is 126. The normalized spacial score (nSPS) is 15.3. The predicted molar refractivity (Wildman–Crippen MR) is 141 cm³/mol. The highest BCUT2D eigenvalue weighted by Crippen LogP contribution is 2.33. The molecule has 8 nitrogen and oxygen atoms in total. The van der Waals surface area contributed by atoms with E-state index >= 15 is 0 Å². The number of nitrogens with zero attached hydrogens (tertiary/aromatic N) is 5. The Labute approximate surface area is 235 Å². The maximum Gasteiger partial charge on any atom is 0.416 e. The van der Waals surface area contributed by atoms with Crippen molar-refractivity contribution < 1.29 is 31.7 Å². The van der Waals surface area contributed by atoms with Gasteiger partial charge in [-0.05, 0) is 67.8 Å². The van der Waals surface area contributed by atoms with Crippen molar-refractivity contribution in [2.75, 3.05) is 10.6 Å². The zero-order valence-corrected chi connectivity index (χ0v) is 19.8. The van der Waals surface area contributed by atoms with Crippen LogP contribution in [-0.2, 0) is 6.18 Å². The van der Waals surface area contributed by atoms with E-state index in [2.05, 4.69) is 25.3 Å². The van der Waals surface area contributed by atoms with E-state index < -0.39 is 94.9 Å². The molecule has 0 radical (unpaired) electrons. The van der Waals surface area contributed by atoms with Crippen molar-refractivity contribution in [3.05, 3.63) is 108 Å². The number of pyridine rings is 1. The summed E-state index contributed by atoms with van der Waals surface area (Å²) in [5.41, 5.74) is -5.24. The van der Waals surface area contributed by atoms with Crippen molar-refractivity contribution >= 4 is 23.2 Å². The van der Waals surface area contributed by atoms with Gasteiger partial charge < -0.3 is 15.2 Å². The van der Waals surface area contributed by atoms with Crippen molar-refractivity contribution in [3.8, 4) is 16.9 Å². The lowest BCUT2D eigenvalue weighted by atomic mass is 10.1. The second kappa shape index (κ2) is 10.4. The number of alkyl halides is 3. The summed E-state index contributed by atoms with van der Waals surface area (Å²) >= 11 is 0. The maximum atomic E-state index is 14.1. The molecule has 0 bridgehead atoms. The van der Waals surface area contributed by atoms with E-state index in [-0.39, 0.29) is 11.9 Å². The number of anilines is 3. The Kier molecular flexibility index (Phi) is 4.26. The summed E-state index contributed by atoms with van der Waals surface area (Å²) in [4.78, 5) is 29.7. The second-order valence-electron chi connectivity index (χ2n) is 7.92. The molecule has 0 aliphatic heterocycles. The highest BCUT2D eigenvalue weighted by Gasteiger charge is 2.31. The molecule has 1 amide bonds. The number of halogens is 3. The highest BCUT2D eigenvalue weighted by atomic mass is 19.4. The van der Waals surface area contributed by atoms with Crippen molar-refractivity contribution in [1.29, 1.82) is 0 Å². The molecule has 3 heterocycles. The Morgan fingerprint density at radius 2 is 2.00 bits per heavy atom. The number of rotatable bonds is 6. The van der Waals surface area contributed by atoms with E-state index in [0.29, 0.717) is 11.3 Å². The van der Waals surface area contributed by atoms with Gasteiger partial charge in [-0.2, -0.15) is 13.2 Å². The molecular weight excluding hydrogens is 507 g/mol. The monoisotopic (exact) mass is 539 g/mol. The summed E-state index contributed by atoms with van der Waals surface area (Å²) in [6.45, 7) is -1.66. The SMILES string of the molecule is [2H]c1cc(-c2cccnc2)nc(Nc2c([2H])c(C(=O)Nc3c([2H])c(-n4cnc(C)c4)c([2H])c(C(F)(F)F)c3[2H])c([2H])c([2H])c2C([2H])([2H])[2H])n1. The lowest BCUT2D eigenvalue weighted by molar-refractivity contribution is -0.137. The van der Waals surface area contributed by atoms with Crippen LogP contribution in [0.15, 0.2) is 85.5 Å². The molecule has 5 aromatic rings. The lowest BCUT2D eigenvalue weighted by Gasteiger charge is -2.14. The molecule has 11 heteroatoms. The standard InChI is InChI=1S/C28H22F3N7O/c1-17-5-6-19(10-25(17)37-27-33-9-7-24(36-27)20-4-3-8-32-14-20)26(39)35-22-11-21(28(29,30)31)12-23(13-22)38-15-18(2)34-16-38/h3-16H,1-2H3,(H,35,39)(H,33,36,37)/i1D3,5D,6D,9D,10D,11D,12D,13D. The fourth-order valence-electron chi connectivity index (χ4n) is 3.28. The van der Waals surface area contributed by atoms with Gasteiger partial charge in [0.15, 0.2) is 0 Å². The molecule has 0 fully saturated rings. The van der Waals surface area contributed by atoms with Gasteiger partial charge in [-0.3, -0.25) is 9.78 Å². The van der Waals surface area contributed by atoms with Crippen LogP contribution in [0.3, 0.4) is 0 Å². The first-order valence-corrected chi connectivity index (χ1v) is 11.0. The molecule has 2 aromatic carbocycles. The molecule has 0 aliphatic carbocycles. The number of carbonyl (C=O) groups excluding carboxylic acids is 1. The first-order chi connectivity index (χ1) is 22.8. The fourth-order valence-corrected chi connectivity index (χ4v) is 3.28. The van der Waals surface area contributed by atoms with Gasteiger partial charge in [-0.15, -0.1) is 0 Å². The number of imidazole rings is 1. The van der Waals surface area contributed by atoms with E-state index in [1.165, 1.54) is 31.6 Å². The van der Waals surface area contributed by atoms with Crippen LogP contribution >= 0.6 is 0 Å². The van der Waals surface area contributed by atoms with Crippen LogP contribution < -0.4 is 10.6 Å². The number of hydrogen-bond acceptors (Lipinski definition) is 6. The minimum atomic E-state index is -5.29. The molecule has 0 unspecified atom stereocenters. The Balaban J connectivity index is 1.68. The summed E-state index contributed by atoms with van der Waals surface area (Å²) in [6.07, 6.45) is -0.481. The maximum absolute atomic E-state index is 14.1. The minimum Gasteiger partial charge on any atom is -0.324 e. The molecular formula is C28H22F3N7O. The molecule has 0 atom stereocenters. The van der Waals surface area contributed by atoms with Crippen LogP contribution in [0.25, 0.3) is 16.9 Å². The molecule has 39 heavy (non-hydrogen) atoms. The lowest BCUT2D eigenvalue weighted by Crippen LogP contribution is -2.14. The van der Waals surface area contributed by atoms with E-state index in [1.807, 2.05) is 5.32 Å². The summed E-state index contributed by atoms with van der Waals surface area (Å²) in [5.74, 6) is -1.97. The third-order valence-electron chi connectivity index (χ3n) is 5.06. The highest BCUT2D eigenvalue weighted by molar-refractivity contribution is 6.05. The first kappa shape index (κ1) is 16.0. The number of nitrogens with one attached hydrogen (secondary N) is 2. The van der Waals surface area contributed by atoms with Crippen LogP contribution in [0.1, 0.15) is 40.9 Å². The molecule has 3 aromatic heterocycles. The largest absolute Gasteiger partial charge is 0.416 e. The second-order valence-corrected chi connectivity index (χ2v) is 7.92. The Morgan fingerprint density at radius 1 is 1.13 bits per heavy atom. The van der Waals surface area contributed by atoms with Gasteiger partial charge in [0.1, 0.15) is 0 Å². The van der Waals surface area contributed by atoms with E-state index in [4.69, 9.17) is 13.7 Å². The van der Waals surface area contributed by atoms with Crippen LogP contribution in [0.2, 0.25) is 0 Å². The molecule has 2 N–H and O–H groups in total. The first-order valence-electron chi connectivity index (χ1n) is 16.0. The fraction of sp³-hybridized carbons (Fsp3) is 0.107. The topological polar surface area (TPSA) is 97.6 Å². The molecule has 0 saturated heterocycles. The molecule has 0 spiro atoms. The smallest absolute Gasteiger partial charge is 0.324 e. The molecule has 5 rings (SSSR count). The van der Waals surface area contributed by atoms with Crippen LogP contribution in [0, 0.1) is 13.8 Å². The minimum absolute atomic E-state index is 0.159. The Hall–Kier alpha value is -5.06. The number of carbonyl (C=O) groups is 1. The molecule has 196 valence electrons. The van der Waals surface area contributed by atoms with Gasteiger partial charge in [0.05, 0.1) is 32.9 Å². The predicted octanol–water partition coefficient (Wildman–Crippen LogP) is 6.36. The van der Waals surface area contributed by atoms with Gasteiger partial charge in [0.25, 0.3) is 5.91 Å². The van der Waals surface area contributed by atoms with Crippen LogP contribution in [0.5, 0.6) is 0 Å². The average molecular weight is 540 g/mol. The van der Waals surface area contributed by atoms with Crippen molar-refractivity contribution in [2.45, 2.75) is 20.0 Å². The number of benzene rings is 2. The van der Waals surface area contributed by atoms with E-state index in [1.54, 1.807) is 12.1 Å². The number of hydrogen-bond donors (Lipinski definition) is 2. The number of aromatic nitrogens is 5. The van der Waals surface area contributed by atoms with E-state index in [9.17, 15) is 18.0 Å². The van der Waals surface area contributed by atoms with Crippen LogP contribution in [0.4, 0.5) is 30.5 Å². The van der Waals surface area contributed by atoms with E-state index in [0.717, 1.165) is 10.9 Å². The summed E-state index contributed by atoms with van der Waals surface area (Å²) in [7, 11) is 0. The zero-order chi connectivity index (χ0) is 36.2. The summed E-state index contributed by atoms with van der Waals surface area (Å²) in [5, 5.41) is 4.42. The Morgan fingerprint density at radius 3 is 2.72 bits per heavy atom. The molecule has 0 saturated carbocycles. The van der Waals surface area contributed by atoms with Crippen LogP contribution in [-0.4, -0.2) is 30.4 Å². The third-order valence-corrected chi connectivity index (χ3v) is 5.06. The third kappa shape index (κ3) is 5.93. The van der Waals surface area contributed by atoms with Gasteiger partial charge in [-0.1, -0.05) is 6.04 Å². The van der Waals surface area contributed by atoms with Gasteiger partial charge in [0.2, 0.25) is 5.95 Å². The van der Waals surface area contributed by atoms with Crippen molar-refractivity contribution in [3.63, 3.8) is 0 Å². The number of amides is 1. The van der Waals surface area contributed by atoms with Crippen molar-refractivity contribution in [2.24, 2.45) is 0 Å². The summed E-state index contributed by atoms with van der Waals surface area (Å²) in [6, 6.07) is -2.30. The molecule has 0 aliphatic rings. The number of aryl methyl sites for hydroxylation is 1. The zero-order valence-electron chi connectivity index (χ0n) is 29.8. The quantitative estimate of drug-likeness (QED) is 0.261. The van der Waals surface area contributed by atoms with Gasteiger partial charge in [-0.25, -0.2) is 15.0 Å². The van der Waals surface area contributed by atoms with Crippen molar-refractivity contribution in [1.82, 2.24) is 24.5 Å². The van der Waals surface area contributed by atoms with Gasteiger partial charge in [0, 0.05) is 57.1 Å². The average Bonchev–Trinajstić information content (AvgIpc) is 3.42. The van der Waals surface area contributed by atoms with Gasteiger partial charge >= 0.3 is 6.18 Å².